The van der Waals surface area contributed by atoms with Gasteiger partial charge in [0, 0.05) is 18.2 Å². The Morgan fingerprint density at radius 2 is 1.77 bits per heavy atom. The summed E-state index contributed by atoms with van der Waals surface area (Å²) in [5.74, 6) is 1.03. The first kappa shape index (κ1) is 18.1. The van der Waals surface area contributed by atoms with Gasteiger partial charge in [0.25, 0.3) is 0 Å². The third kappa shape index (κ3) is 3.77. The fourth-order valence-corrected chi connectivity index (χ4v) is 3.36. The SMILES string of the molecule is COc1ccc(C(=O)C(C)Sc2nnc(-c3ccc(F)cc3)n2C)cc1. The summed E-state index contributed by atoms with van der Waals surface area (Å²) in [5, 5.41) is 8.63. The van der Waals surface area contributed by atoms with Crippen molar-refractivity contribution in [3.8, 4) is 17.1 Å². The number of halogens is 1. The van der Waals surface area contributed by atoms with E-state index in [0.29, 0.717) is 22.3 Å². The molecule has 0 fully saturated rings. The highest BCUT2D eigenvalue weighted by atomic mass is 32.2. The van der Waals surface area contributed by atoms with Crippen LogP contribution in [0.15, 0.2) is 53.7 Å². The monoisotopic (exact) mass is 371 g/mol. The van der Waals surface area contributed by atoms with E-state index in [1.165, 1.54) is 23.9 Å². The molecule has 5 nitrogen and oxygen atoms in total. The van der Waals surface area contributed by atoms with E-state index in [1.807, 2.05) is 14.0 Å². The molecule has 0 saturated heterocycles. The maximum Gasteiger partial charge on any atom is 0.191 e. The Morgan fingerprint density at radius 1 is 1.12 bits per heavy atom. The zero-order valence-corrected chi connectivity index (χ0v) is 15.5. The van der Waals surface area contributed by atoms with Gasteiger partial charge in [-0.05, 0) is 55.5 Å². The van der Waals surface area contributed by atoms with Crippen molar-refractivity contribution in [1.29, 1.82) is 0 Å². The highest BCUT2D eigenvalue weighted by molar-refractivity contribution is 8.00. The minimum absolute atomic E-state index is 0.00369. The van der Waals surface area contributed by atoms with Crippen LogP contribution < -0.4 is 4.74 Å². The Labute approximate surface area is 155 Å². The number of rotatable bonds is 6. The molecular formula is C19H18FN3O2S. The smallest absolute Gasteiger partial charge is 0.191 e. The maximum absolute atomic E-state index is 13.1. The summed E-state index contributed by atoms with van der Waals surface area (Å²) in [5.41, 5.74) is 1.38. The first-order valence-electron chi connectivity index (χ1n) is 8.00. The molecule has 1 unspecified atom stereocenters. The lowest BCUT2D eigenvalue weighted by Crippen LogP contribution is -2.14. The van der Waals surface area contributed by atoms with E-state index in [2.05, 4.69) is 10.2 Å². The number of nitrogens with zero attached hydrogens (tertiary/aromatic N) is 3. The van der Waals surface area contributed by atoms with Gasteiger partial charge in [0.2, 0.25) is 0 Å². The second-order valence-corrected chi connectivity index (χ2v) is 7.03. The third-order valence-corrected chi connectivity index (χ3v) is 5.10. The van der Waals surface area contributed by atoms with Crippen molar-refractivity contribution >= 4 is 17.5 Å². The van der Waals surface area contributed by atoms with Gasteiger partial charge in [-0.2, -0.15) is 0 Å². The molecule has 0 amide bonds. The Balaban J connectivity index is 1.75. The summed E-state index contributed by atoms with van der Waals surface area (Å²) < 4.78 is 20.0. The van der Waals surface area contributed by atoms with Gasteiger partial charge in [-0.3, -0.25) is 4.79 Å². The number of ether oxygens (including phenoxy) is 1. The number of carbonyl (C=O) groups is 1. The molecule has 1 heterocycles. The summed E-state index contributed by atoms with van der Waals surface area (Å²) in [6, 6.07) is 13.1. The first-order valence-corrected chi connectivity index (χ1v) is 8.88. The quantitative estimate of drug-likeness (QED) is 0.484. The normalized spacial score (nSPS) is 12.0. The second-order valence-electron chi connectivity index (χ2n) is 5.72. The zero-order chi connectivity index (χ0) is 18.7. The van der Waals surface area contributed by atoms with E-state index in [4.69, 9.17) is 4.74 Å². The van der Waals surface area contributed by atoms with Crippen LogP contribution in [0.5, 0.6) is 5.75 Å². The van der Waals surface area contributed by atoms with Crippen LogP contribution in [-0.2, 0) is 7.05 Å². The van der Waals surface area contributed by atoms with E-state index in [-0.39, 0.29) is 16.9 Å². The molecule has 26 heavy (non-hydrogen) atoms. The minimum Gasteiger partial charge on any atom is -0.497 e. The molecular weight excluding hydrogens is 353 g/mol. The van der Waals surface area contributed by atoms with Crippen molar-refractivity contribution in [2.45, 2.75) is 17.3 Å². The van der Waals surface area contributed by atoms with E-state index in [1.54, 1.807) is 48.1 Å². The molecule has 0 N–H and O–H groups in total. The second kappa shape index (κ2) is 7.70. The summed E-state index contributed by atoms with van der Waals surface area (Å²) in [7, 11) is 3.41. The predicted molar refractivity (Wildman–Crippen MR) is 99.0 cm³/mol. The average molecular weight is 371 g/mol. The highest BCUT2D eigenvalue weighted by Gasteiger charge is 2.20. The summed E-state index contributed by atoms with van der Waals surface area (Å²) >= 11 is 1.34. The molecule has 7 heteroatoms. The van der Waals surface area contributed by atoms with Gasteiger partial charge in [0.05, 0.1) is 12.4 Å². The third-order valence-electron chi connectivity index (χ3n) is 3.96. The Kier molecular flexibility index (Phi) is 5.37. The molecule has 0 spiro atoms. The molecule has 134 valence electrons. The van der Waals surface area contributed by atoms with Crippen molar-refractivity contribution < 1.29 is 13.9 Å². The average Bonchev–Trinajstić information content (AvgIpc) is 3.02. The van der Waals surface area contributed by atoms with Gasteiger partial charge in [0.1, 0.15) is 11.6 Å². The van der Waals surface area contributed by atoms with Crippen LogP contribution in [0.25, 0.3) is 11.4 Å². The summed E-state index contributed by atoms with van der Waals surface area (Å²) in [6.45, 7) is 1.84. The van der Waals surface area contributed by atoms with Crippen LogP contribution in [0.3, 0.4) is 0 Å². The molecule has 0 bridgehead atoms. The van der Waals surface area contributed by atoms with Gasteiger partial charge in [-0.25, -0.2) is 4.39 Å². The van der Waals surface area contributed by atoms with Gasteiger partial charge in [-0.15, -0.1) is 10.2 Å². The van der Waals surface area contributed by atoms with Gasteiger partial charge >= 0.3 is 0 Å². The van der Waals surface area contributed by atoms with E-state index >= 15 is 0 Å². The van der Waals surface area contributed by atoms with Crippen molar-refractivity contribution in [2.75, 3.05) is 7.11 Å². The lowest BCUT2D eigenvalue weighted by atomic mass is 10.1. The zero-order valence-electron chi connectivity index (χ0n) is 14.6. The number of hydrogen-bond acceptors (Lipinski definition) is 5. The van der Waals surface area contributed by atoms with Gasteiger partial charge in [0.15, 0.2) is 16.8 Å². The highest BCUT2D eigenvalue weighted by Crippen LogP contribution is 2.27. The number of aromatic nitrogens is 3. The first-order chi connectivity index (χ1) is 12.5. The number of hydrogen-bond donors (Lipinski definition) is 0. The molecule has 0 aliphatic carbocycles. The fourth-order valence-electron chi connectivity index (χ4n) is 2.47. The maximum atomic E-state index is 13.1. The Morgan fingerprint density at radius 3 is 2.38 bits per heavy atom. The summed E-state index contributed by atoms with van der Waals surface area (Å²) in [6.07, 6.45) is 0. The Hall–Kier alpha value is -2.67. The molecule has 0 saturated carbocycles. The van der Waals surface area contributed by atoms with Crippen LogP contribution in [0.4, 0.5) is 4.39 Å². The number of carbonyl (C=O) groups excluding carboxylic acids is 1. The topological polar surface area (TPSA) is 57.0 Å². The molecule has 3 rings (SSSR count). The number of benzene rings is 2. The molecule has 2 aromatic carbocycles. The van der Waals surface area contributed by atoms with E-state index in [9.17, 15) is 9.18 Å². The molecule has 1 aromatic heterocycles. The van der Waals surface area contributed by atoms with Crippen molar-refractivity contribution in [1.82, 2.24) is 14.8 Å². The van der Waals surface area contributed by atoms with Crippen molar-refractivity contribution in [3.05, 3.63) is 59.9 Å². The van der Waals surface area contributed by atoms with Crippen LogP contribution >= 0.6 is 11.8 Å². The molecule has 0 aliphatic heterocycles. The standard InChI is InChI=1S/C19H18FN3O2S/c1-12(17(24)13-6-10-16(25-3)11-7-13)26-19-22-21-18(23(19)2)14-4-8-15(20)9-5-14/h4-12H,1-3H3. The van der Waals surface area contributed by atoms with Gasteiger partial charge < -0.3 is 9.30 Å². The number of thioether (sulfide) groups is 1. The van der Waals surface area contributed by atoms with Crippen LogP contribution in [0, 0.1) is 5.82 Å². The fraction of sp³-hybridized carbons (Fsp3) is 0.211. The van der Waals surface area contributed by atoms with Crippen LogP contribution in [-0.4, -0.2) is 32.9 Å². The van der Waals surface area contributed by atoms with Crippen LogP contribution in [0.1, 0.15) is 17.3 Å². The van der Waals surface area contributed by atoms with Crippen molar-refractivity contribution in [2.24, 2.45) is 7.05 Å². The number of Topliss-reactive ketones (excluding diaryl/α,β-unsaturated/α-hetero) is 1. The lowest BCUT2D eigenvalue weighted by Gasteiger charge is -2.10. The Bertz CT molecular complexity index is 908. The van der Waals surface area contributed by atoms with E-state index < -0.39 is 0 Å². The van der Waals surface area contributed by atoms with Crippen molar-refractivity contribution in [3.63, 3.8) is 0 Å². The molecule has 3 aromatic rings. The molecule has 0 aliphatic rings. The predicted octanol–water partition coefficient (Wildman–Crippen LogP) is 3.99. The summed E-state index contributed by atoms with van der Waals surface area (Å²) in [4.78, 5) is 12.6. The number of ketones is 1. The molecule has 1 atom stereocenters. The van der Waals surface area contributed by atoms with Gasteiger partial charge in [-0.1, -0.05) is 11.8 Å². The minimum atomic E-state index is -0.327. The van der Waals surface area contributed by atoms with E-state index in [0.717, 1.165) is 5.56 Å². The molecule has 0 radical (unpaired) electrons. The van der Waals surface area contributed by atoms with Crippen LogP contribution in [0.2, 0.25) is 0 Å². The lowest BCUT2D eigenvalue weighted by molar-refractivity contribution is 0.0994. The largest absolute Gasteiger partial charge is 0.497 e. The number of methoxy groups -OCH3 is 1.